The number of carbonyl (C=O) groups is 2. The molecule has 2 amide bonds. The first-order valence-electron chi connectivity index (χ1n) is 9.67. The van der Waals surface area contributed by atoms with Crippen molar-refractivity contribution in [2.24, 2.45) is 0 Å². The lowest BCUT2D eigenvalue weighted by Crippen LogP contribution is -2.37. The van der Waals surface area contributed by atoms with Crippen molar-refractivity contribution in [3.63, 3.8) is 0 Å². The SMILES string of the molecule is Cc1ccc(CNC(=O)C(C)Nc2ccc(NC(=O)c3ccc(Cl)cc3)cc2)cc1. The Morgan fingerprint density at radius 2 is 1.47 bits per heavy atom. The van der Waals surface area contributed by atoms with Gasteiger partial charge in [-0.3, -0.25) is 9.59 Å². The van der Waals surface area contributed by atoms with E-state index >= 15 is 0 Å². The summed E-state index contributed by atoms with van der Waals surface area (Å²) >= 11 is 5.85. The molecule has 3 aromatic carbocycles. The van der Waals surface area contributed by atoms with Gasteiger partial charge in [0.2, 0.25) is 5.91 Å². The van der Waals surface area contributed by atoms with Crippen molar-refractivity contribution in [2.75, 3.05) is 10.6 Å². The lowest BCUT2D eigenvalue weighted by molar-refractivity contribution is -0.121. The number of aryl methyl sites for hydroxylation is 1. The number of anilines is 2. The summed E-state index contributed by atoms with van der Waals surface area (Å²) < 4.78 is 0. The molecule has 3 rings (SSSR count). The zero-order valence-electron chi connectivity index (χ0n) is 16.9. The molecule has 0 heterocycles. The van der Waals surface area contributed by atoms with Crippen LogP contribution >= 0.6 is 11.6 Å². The van der Waals surface area contributed by atoms with Gasteiger partial charge >= 0.3 is 0 Å². The molecule has 1 atom stereocenters. The van der Waals surface area contributed by atoms with Crippen LogP contribution in [-0.2, 0) is 11.3 Å². The molecule has 1 unspecified atom stereocenters. The fourth-order valence-corrected chi connectivity index (χ4v) is 2.94. The zero-order chi connectivity index (χ0) is 21.5. The highest BCUT2D eigenvalue weighted by molar-refractivity contribution is 6.30. The van der Waals surface area contributed by atoms with Crippen LogP contribution in [0.5, 0.6) is 0 Å². The summed E-state index contributed by atoms with van der Waals surface area (Å²) in [6.07, 6.45) is 0. The van der Waals surface area contributed by atoms with Crippen molar-refractivity contribution in [3.8, 4) is 0 Å². The van der Waals surface area contributed by atoms with Gasteiger partial charge in [0.05, 0.1) is 0 Å². The number of hydrogen-bond donors (Lipinski definition) is 3. The van der Waals surface area contributed by atoms with Gasteiger partial charge in [0, 0.05) is 28.5 Å². The van der Waals surface area contributed by atoms with Crippen LogP contribution in [0.1, 0.15) is 28.4 Å². The Hall–Kier alpha value is -3.31. The largest absolute Gasteiger partial charge is 0.374 e. The van der Waals surface area contributed by atoms with Gasteiger partial charge in [-0.25, -0.2) is 0 Å². The van der Waals surface area contributed by atoms with Gasteiger partial charge in [-0.05, 0) is 67.9 Å². The number of halogens is 1. The molecule has 0 aliphatic heterocycles. The van der Waals surface area contributed by atoms with E-state index in [9.17, 15) is 9.59 Å². The molecule has 0 radical (unpaired) electrons. The van der Waals surface area contributed by atoms with Gasteiger partial charge in [-0.1, -0.05) is 41.4 Å². The van der Waals surface area contributed by atoms with Gasteiger partial charge < -0.3 is 16.0 Å². The van der Waals surface area contributed by atoms with E-state index in [0.717, 1.165) is 11.3 Å². The van der Waals surface area contributed by atoms with Crippen LogP contribution in [0, 0.1) is 6.92 Å². The molecule has 0 aliphatic carbocycles. The molecular weight excluding hydrogens is 398 g/mol. The van der Waals surface area contributed by atoms with Crippen LogP contribution in [-0.4, -0.2) is 17.9 Å². The molecular formula is C24H24ClN3O2. The average Bonchev–Trinajstić information content (AvgIpc) is 2.75. The first-order valence-corrected chi connectivity index (χ1v) is 10.1. The molecule has 0 aromatic heterocycles. The van der Waals surface area contributed by atoms with Gasteiger partial charge in [0.1, 0.15) is 6.04 Å². The molecule has 0 saturated carbocycles. The Labute approximate surface area is 181 Å². The molecule has 30 heavy (non-hydrogen) atoms. The van der Waals surface area contributed by atoms with E-state index in [2.05, 4.69) is 16.0 Å². The molecule has 0 aliphatic rings. The smallest absolute Gasteiger partial charge is 0.255 e. The summed E-state index contributed by atoms with van der Waals surface area (Å²) in [4.78, 5) is 24.6. The molecule has 3 aromatic rings. The van der Waals surface area contributed by atoms with E-state index in [1.165, 1.54) is 5.56 Å². The van der Waals surface area contributed by atoms with E-state index in [-0.39, 0.29) is 11.8 Å². The molecule has 154 valence electrons. The monoisotopic (exact) mass is 421 g/mol. The summed E-state index contributed by atoms with van der Waals surface area (Å²) in [5, 5.41) is 9.51. The molecule has 0 fully saturated rings. The fraction of sp³-hybridized carbons (Fsp3) is 0.167. The maximum absolute atomic E-state index is 12.3. The second-order valence-electron chi connectivity index (χ2n) is 7.11. The summed E-state index contributed by atoms with van der Waals surface area (Å²) in [6, 6.07) is 21.6. The van der Waals surface area contributed by atoms with Crippen LogP contribution < -0.4 is 16.0 Å². The van der Waals surface area contributed by atoms with Crippen molar-refractivity contribution in [1.29, 1.82) is 0 Å². The number of hydrogen-bond acceptors (Lipinski definition) is 3. The summed E-state index contributed by atoms with van der Waals surface area (Å²) in [7, 11) is 0. The summed E-state index contributed by atoms with van der Waals surface area (Å²) in [5.74, 6) is -0.299. The number of rotatable bonds is 7. The van der Waals surface area contributed by atoms with Crippen molar-refractivity contribution in [3.05, 3.63) is 94.5 Å². The predicted octanol–water partition coefficient (Wildman–Crippen LogP) is 5.02. The quantitative estimate of drug-likeness (QED) is 0.501. The third kappa shape index (κ3) is 6.09. The van der Waals surface area contributed by atoms with E-state index < -0.39 is 6.04 Å². The van der Waals surface area contributed by atoms with Gasteiger partial charge in [0.25, 0.3) is 5.91 Å². The molecule has 0 saturated heterocycles. The first-order chi connectivity index (χ1) is 14.4. The molecule has 5 nitrogen and oxygen atoms in total. The second-order valence-corrected chi connectivity index (χ2v) is 7.54. The average molecular weight is 422 g/mol. The lowest BCUT2D eigenvalue weighted by atomic mass is 10.1. The standard InChI is InChI=1S/C24H24ClN3O2/c1-16-3-5-18(6-4-16)15-26-23(29)17(2)27-21-11-13-22(14-12-21)28-24(30)19-7-9-20(25)10-8-19/h3-14,17,27H,15H2,1-2H3,(H,26,29)(H,28,30). The van der Waals surface area contributed by atoms with Crippen molar-refractivity contribution < 1.29 is 9.59 Å². The van der Waals surface area contributed by atoms with E-state index in [1.807, 2.05) is 43.3 Å². The number of carbonyl (C=O) groups excluding carboxylic acids is 2. The molecule has 3 N–H and O–H groups in total. The minimum Gasteiger partial charge on any atom is -0.374 e. The molecule has 0 spiro atoms. The Morgan fingerprint density at radius 3 is 2.10 bits per heavy atom. The lowest BCUT2D eigenvalue weighted by Gasteiger charge is -2.16. The topological polar surface area (TPSA) is 70.2 Å². The van der Waals surface area contributed by atoms with Crippen LogP contribution in [0.4, 0.5) is 11.4 Å². The molecule has 0 bridgehead atoms. The van der Waals surface area contributed by atoms with Crippen LogP contribution in [0.25, 0.3) is 0 Å². The van der Waals surface area contributed by atoms with E-state index in [0.29, 0.717) is 22.8 Å². The van der Waals surface area contributed by atoms with Gasteiger partial charge in [0.15, 0.2) is 0 Å². The maximum Gasteiger partial charge on any atom is 0.255 e. The number of nitrogens with one attached hydrogen (secondary N) is 3. The van der Waals surface area contributed by atoms with Gasteiger partial charge in [-0.15, -0.1) is 0 Å². The van der Waals surface area contributed by atoms with Crippen molar-refractivity contribution >= 4 is 34.8 Å². The van der Waals surface area contributed by atoms with Crippen molar-refractivity contribution in [1.82, 2.24) is 5.32 Å². The number of amides is 2. The Balaban J connectivity index is 1.50. The summed E-state index contributed by atoms with van der Waals surface area (Å²) in [6.45, 7) is 4.32. The van der Waals surface area contributed by atoms with Gasteiger partial charge in [-0.2, -0.15) is 0 Å². The van der Waals surface area contributed by atoms with Crippen molar-refractivity contribution in [2.45, 2.75) is 26.4 Å². The first kappa shape index (κ1) is 21.4. The van der Waals surface area contributed by atoms with E-state index in [1.54, 1.807) is 43.3 Å². The Kier molecular flexibility index (Phi) is 7.09. The predicted molar refractivity (Wildman–Crippen MR) is 122 cm³/mol. The van der Waals surface area contributed by atoms with E-state index in [4.69, 9.17) is 11.6 Å². The Morgan fingerprint density at radius 1 is 0.867 bits per heavy atom. The van der Waals surface area contributed by atoms with Crippen LogP contribution in [0.3, 0.4) is 0 Å². The van der Waals surface area contributed by atoms with Crippen LogP contribution in [0.2, 0.25) is 5.02 Å². The number of benzene rings is 3. The Bertz CT molecular complexity index is 1000. The third-order valence-electron chi connectivity index (χ3n) is 4.61. The van der Waals surface area contributed by atoms with Crippen LogP contribution in [0.15, 0.2) is 72.8 Å². The zero-order valence-corrected chi connectivity index (χ0v) is 17.7. The summed E-state index contributed by atoms with van der Waals surface area (Å²) in [5.41, 5.74) is 4.23. The maximum atomic E-state index is 12.3. The fourth-order valence-electron chi connectivity index (χ4n) is 2.82. The highest BCUT2D eigenvalue weighted by Gasteiger charge is 2.12. The highest BCUT2D eigenvalue weighted by atomic mass is 35.5. The molecule has 6 heteroatoms. The highest BCUT2D eigenvalue weighted by Crippen LogP contribution is 2.16. The minimum atomic E-state index is -0.398. The second kappa shape index (κ2) is 9.94. The third-order valence-corrected chi connectivity index (χ3v) is 4.86. The minimum absolute atomic E-state index is 0.0873. The normalized spacial score (nSPS) is 11.4.